The number of aliphatic imine (C=N–C) groups is 1. The molecule has 2 amide bonds. The maximum atomic E-state index is 12.1. The van der Waals surface area contributed by atoms with Crippen molar-refractivity contribution in [1.29, 1.82) is 0 Å². The summed E-state index contributed by atoms with van der Waals surface area (Å²) in [7, 11) is 1.59. The van der Waals surface area contributed by atoms with Gasteiger partial charge in [-0.3, -0.25) is 9.59 Å². The summed E-state index contributed by atoms with van der Waals surface area (Å²) in [6, 6.07) is 0. The van der Waals surface area contributed by atoms with E-state index in [0.29, 0.717) is 23.7 Å². The number of allylic oxidation sites excluding steroid dienone is 3. The van der Waals surface area contributed by atoms with Gasteiger partial charge in [0, 0.05) is 30.2 Å². The molecule has 3 rings (SSSR count). The monoisotopic (exact) mass is 329 g/mol. The molecule has 0 radical (unpaired) electrons. The van der Waals surface area contributed by atoms with E-state index < -0.39 is 0 Å². The van der Waals surface area contributed by atoms with E-state index in [1.54, 1.807) is 30.7 Å². The highest BCUT2D eigenvalue weighted by molar-refractivity contribution is 7.09. The molecular formula is C16H15N3O3S. The van der Waals surface area contributed by atoms with E-state index in [2.05, 4.69) is 15.3 Å². The summed E-state index contributed by atoms with van der Waals surface area (Å²) in [6.07, 6.45) is 6.92. The number of carbonyl (C=O) groups excluding carboxylic acids is 2. The summed E-state index contributed by atoms with van der Waals surface area (Å²) >= 11 is 1.41. The van der Waals surface area contributed by atoms with Crippen LogP contribution >= 0.6 is 11.3 Å². The summed E-state index contributed by atoms with van der Waals surface area (Å²) in [5.41, 5.74) is 2.40. The Bertz CT molecular complexity index is 786. The van der Waals surface area contributed by atoms with Crippen molar-refractivity contribution in [2.75, 3.05) is 13.7 Å². The van der Waals surface area contributed by atoms with Crippen LogP contribution in [0.2, 0.25) is 0 Å². The number of aromatic nitrogens is 1. The van der Waals surface area contributed by atoms with Crippen LogP contribution in [0.4, 0.5) is 0 Å². The Morgan fingerprint density at radius 3 is 3.00 bits per heavy atom. The minimum atomic E-state index is -0.390. The van der Waals surface area contributed by atoms with Gasteiger partial charge in [-0.2, -0.15) is 0 Å². The normalized spacial score (nSPS) is 21.6. The summed E-state index contributed by atoms with van der Waals surface area (Å²) < 4.78 is 5.13. The Kier molecular flexibility index (Phi) is 4.31. The van der Waals surface area contributed by atoms with Gasteiger partial charge in [-0.15, -0.1) is 11.3 Å². The quantitative estimate of drug-likeness (QED) is 0.917. The predicted octanol–water partition coefficient (Wildman–Crippen LogP) is 1.81. The number of carbonyl (C=O) groups is 2. The first-order valence-corrected chi connectivity index (χ1v) is 7.90. The summed E-state index contributed by atoms with van der Waals surface area (Å²) in [5.74, 6) is -0.641. The number of nitrogens with zero attached hydrogens (tertiary/aromatic N) is 2. The zero-order valence-corrected chi connectivity index (χ0v) is 13.5. The molecule has 0 bridgehead atoms. The Labute approximate surface area is 137 Å². The molecule has 1 unspecified atom stereocenters. The van der Waals surface area contributed by atoms with Crippen LogP contribution in [0.5, 0.6) is 0 Å². The van der Waals surface area contributed by atoms with Gasteiger partial charge in [-0.25, -0.2) is 9.98 Å². The van der Waals surface area contributed by atoms with E-state index in [1.807, 2.05) is 13.0 Å². The van der Waals surface area contributed by atoms with Gasteiger partial charge in [0.25, 0.3) is 5.91 Å². The van der Waals surface area contributed by atoms with Crippen LogP contribution in [0.3, 0.4) is 0 Å². The number of fused-ring (bicyclic) bond motifs is 1. The fourth-order valence-electron chi connectivity index (χ4n) is 2.47. The van der Waals surface area contributed by atoms with Crippen LogP contribution in [0, 0.1) is 12.8 Å². The lowest BCUT2D eigenvalue weighted by Gasteiger charge is -2.27. The zero-order chi connectivity index (χ0) is 16.4. The second kappa shape index (κ2) is 6.39. The standard InChI is InChI=1S/C16H15N3O3S/c1-9-17-14(8-23-9)16(21)18-11-3-4-12-10(7-22-2)5-15(20)19-13(12)6-11/h3-6,8,12H,7H2,1-2H3,(H,19,20). The Balaban J connectivity index is 1.85. The highest BCUT2D eigenvalue weighted by Crippen LogP contribution is 2.27. The van der Waals surface area contributed by atoms with E-state index in [9.17, 15) is 9.59 Å². The molecule has 2 heterocycles. The molecule has 0 aromatic carbocycles. The highest BCUT2D eigenvalue weighted by Gasteiger charge is 2.26. The molecule has 7 heteroatoms. The lowest BCUT2D eigenvalue weighted by molar-refractivity contribution is -0.116. The fourth-order valence-corrected chi connectivity index (χ4v) is 3.06. The van der Waals surface area contributed by atoms with E-state index in [-0.39, 0.29) is 17.7 Å². The lowest BCUT2D eigenvalue weighted by atomic mass is 9.88. The summed E-state index contributed by atoms with van der Waals surface area (Å²) in [5, 5.41) is 5.29. The zero-order valence-electron chi connectivity index (χ0n) is 12.7. The number of hydrogen-bond donors (Lipinski definition) is 1. The summed E-state index contributed by atoms with van der Waals surface area (Å²) in [6.45, 7) is 2.21. The molecule has 1 atom stereocenters. The minimum Gasteiger partial charge on any atom is -0.380 e. The Hall–Kier alpha value is -2.38. The second-order valence-electron chi connectivity index (χ2n) is 5.17. The van der Waals surface area contributed by atoms with E-state index >= 15 is 0 Å². The average molecular weight is 329 g/mol. The molecule has 2 aliphatic rings. The first kappa shape index (κ1) is 15.5. The molecule has 0 saturated heterocycles. The van der Waals surface area contributed by atoms with Gasteiger partial charge < -0.3 is 10.1 Å². The molecule has 1 aliphatic heterocycles. The molecule has 1 N–H and O–H groups in total. The lowest BCUT2D eigenvalue weighted by Crippen LogP contribution is -2.34. The van der Waals surface area contributed by atoms with Gasteiger partial charge in [0.2, 0.25) is 5.91 Å². The van der Waals surface area contributed by atoms with E-state index in [0.717, 1.165) is 10.6 Å². The molecule has 0 saturated carbocycles. The van der Waals surface area contributed by atoms with Crippen molar-refractivity contribution in [3.63, 3.8) is 0 Å². The van der Waals surface area contributed by atoms with Crippen molar-refractivity contribution in [1.82, 2.24) is 10.3 Å². The molecule has 118 valence electrons. The molecule has 0 spiro atoms. The van der Waals surface area contributed by atoms with Gasteiger partial charge in [-0.05, 0) is 24.6 Å². The van der Waals surface area contributed by atoms with Gasteiger partial charge in [-0.1, -0.05) is 6.08 Å². The number of thiazole rings is 1. The predicted molar refractivity (Wildman–Crippen MR) is 87.4 cm³/mol. The molecule has 23 heavy (non-hydrogen) atoms. The number of nitrogens with one attached hydrogen (secondary N) is 1. The maximum Gasteiger partial charge on any atom is 0.296 e. The van der Waals surface area contributed by atoms with Crippen molar-refractivity contribution < 1.29 is 14.3 Å². The molecule has 1 aliphatic carbocycles. The number of methoxy groups -OCH3 is 1. The molecule has 1 aromatic heterocycles. The number of amides is 2. The van der Waals surface area contributed by atoms with Crippen LogP contribution < -0.4 is 5.32 Å². The van der Waals surface area contributed by atoms with Gasteiger partial charge in [0.15, 0.2) is 0 Å². The number of rotatable bonds is 3. The first-order valence-electron chi connectivity index (χ1n) is 7.02. The molecular weight excluding hydrogens is 314 g/mol. The average Bonchev–Trinajstić information content (AvgIpc) is 2.94. The van der Waals surface area contributed by atoms with Crippen molar-refractivity contribution in [3.8, 4) is 0 Å². The van der Waals surface area contributed by atoms with Crippen LogP contribution in [-0.2, 0) is 9.53 Å². The number of ether oxygens (including phenoxy) is 1. The van der Waals surface area contributed by atoms with Crippen LogP contribution in [0.1, 0.15) is 15.5 Å². The third kappa shape index (κ3) is 3.35. The number of hydrogen-bond acceptors (Lipinski definition) is 5. The van der Waals surface area contributed by atoms with Crippen molar-refractivity contribution in [2.45, 2.75) is 6.92 Å². The fraction of sp³-hybridized carbons (Fsp3) is 0.250. The maximum absolute atomic E-state index is 12.1. The van der Waals surface area contributed by atoms with Gasteiger partial charge in [0.1, 0.15) is 5.69 Å². The summed E-state index contributed by atoms with van der Waals surface area (Å²) in [4.78, 5) is 32.0. The second-order valence-corrected chi connectivity index (χ2v) is 6.23. The van der Waals surface area contributed by atoms with Crippen molar-refractivity contribution in [3.05, 3.63) is 51.7 Å². The van der Waals surface area contributed by atoms with Crippen LogP contribution in [-0.4, -0.2) is 36.2 Å². The van der Waals surface area contributed by atoms with Crippen LogP contribution in [0.25, 0.3) is 0 Å². The van der Waals surface area contributed by atoms with E-state index in [1.165, 1.54) is 11.3 Å². The van der Waals surface area contributed by atoms with E-state index in [4.69, 9.17) is 4.74 Å². The molecule has 1 aromatic rings. The highest BCUT2D eigenvalue weighted by atomic mass is 32.1. The van der Waals surface area contributed by atoms with Gasteiger partial charge in [0.05, 0.1) is 17.3 Å². The third-order valence-electron chi connectivity index (χ3n) is 3.46. The van der Waals surface area contributed by atoms with Gasteiger partial charge >= 0.3 is 0 Å². The van der Waals surface area contributed by atoms with Crippen molar-refractivity contribution in [2.24, 2.45) is 10.9 Å². The Morgan fingerprint density at radius 2 is 2.30 bits per heavy atom. The van der Waals surface area contributed by atoms with Crippen LogP contribution in [0.15, 0.2) is 45.9 Å². The smallest absolute Gasteiger partial charge is 0.296 e. The SMILES string of the molecule is COCC1=CC(=O)NC2=CC(=NC(=O)c3csc(C)n3)C=CC12. The Morgan fingerprint density at radius 1 is 1.48 bits per heavy atom. The third-order valence-corrected chi connectivity index (χ3v) is 4.23. The molecule has 0 fully saturated rings. The minimum absolute atomic E-state index is 0.0526. The largest absolute Gasteiger partial charge is 0.380 e. The first-order chi connectivity index (χ1) is 11.1. The number of aryl methyl sites for hydroxylation is 1. The topological polar surface area (TPSA) is 80.6 Å². The van der Waals surface area contributed by atoms with Crippen molar-refractivity contribution >= 4 is 28.9 Å². The molecule has 6 nitrogen and oxygen atoms in total.